The highest BCUT2D eigenvalue weighted by Gasteiger charge is 2.61. The van der Waals surface area contributed by atoms with Crippen LogP contribution in [0.25, 0.3) is 0 Å². The van der Waals surface area contributed by atoms with E-state index in [1.807, 2.05) is 0 Å². The molecule has 0 spiro atoms. The zero-order chi connectivity index (χ0) is 15.4. The molecule has 0 bridgehead atoms. The molecule has 0 aliphatic carbocycles. The first-order chi connectivity index (χ1) is 9.12. The first kappa shape index (κ1) is 16.3. The Labute approximate surface area is 109 Å². The van der Waals surface area contributed by atoms with Crippen LogP contribution in [0.1, 0.15) is 5.56 Å². The second-order valence-electron chi connectivity index (χ2n) is 3.76. The lowest BCUT2D eigenvalue weighted by Gasteiger charge is -2.21. The minimum absolute atomic E-state index is 0.352. The van der Waals surface area contributed by atoms with E-state index in [0.29, 0.717) is 5.56 Å². The van der Waals surface area contributed by atoms with Crippen molar-refractivity contribution in [2.45, 2.75) is 19.0 Å². The number of alkyl halides is 6. The first-order valence-electron chi connectivity index (χ1n) is 5.21. The summed E-state index contributed by atoms with van der Waals surface area (Å²) in [6.45, 7) is -0.352. The minimum Gasteiger partial charge on any atom is -0.272 e. The van der Waals surface area contributed by atoms with Gasteiger partial charge in [-0.05, 0) is 5.56 Å². The molecule has 1 aromatic rings. The summed E-state index contributed by atoms with van der Waals surface area (Å²) in [5, 5.41) is 0. The van der Waals surface area contributed by atoms with Crippen molar-refractivity contribution in [3.05, 3.63) is 35.9 Å². The van der Waals surface area contributed by atoms with Gasteiger partial charge in [-0.1, -0.05) is 30.3 Å². The lowest BCUT2D eigenvalue weighted by atomic mass is 10.1. The maximum absolute atomic E-state index is 12.2. The molecule has 20 heavy (non-hydrogen) atoms. The lowest BCUT2D eigenvalue weighted by molar-refractivity contribution is -0.277. The Hall–Kier alpha value is -1.77. The fraction of sp³-hybridized carbons (Fsp3) is 0.364. The smallest absolute Gasteiger partial charge is 0.272 e. The highest BCUT2D eigenvalue weighted by atomic mass is 19.4. The quantitative estimate of drug-likeness (QED) is 0.686. The molecule has 1 amide bonds. The molecule has 0 radical (unpaired) electrons. The number of benzene rings is 1. The van der Waals surface area contributed by atoms with Gasteiger partial charge in [0.1, 0.15) is 0 Å². The van der Waals surface area contributed by atoms with Crippen LogP contribution in [0.2, 0.25) is 0 Å². The second kappa shape index (κ2) is 6.12. The summed E-state index contributed by atoms with van der Waals surface area (Å²) in [5.74, 6) is -6.42. The Kier molecular flexibility index (Phi) is 4.98. The molecule has 9 heteroatoms. The summed E-state index contributed by atoms with van der Waals surface area (Å²) in [6.07, 6.45) is -11.5. The number of carbonyl (C=O) groups is 1. The topological polar surface area (TPSA) is 38.3 Å². The van der Waals surface area contributed by atoms with E-state index >= 15 is 0 Å². The molecule has 0 heterocycles. The summed E-state index contributed by atoms with van der Waals surface area (Å²) < 4.78 is 73.1. The van der Waals surface area contributed by atoms with Gasteiger partial charge in [0.05, 0.1) is 6.61 Å². The van der Waals surface area contributed by atoms with E-state index < -0.39 is 24.2 Å². The summed E-state index contributed by atoms with van der Waals surface area (Å²) in [5.41, 5.74) is 1.64. The average molecular weight is 301 g/mol. The number of amides is 1. The number of hydrogen-bond acceptors (Lipinski definition) is 2. The number of halogens is 6. The van der Waals surface area contributed by atoms with Gasteiger partial charge in [-0.2, -0.15) is 26.3 Å². The molecule has 112 valence electrons. The van der Waals surface area contributed by atoms with Gasteiger partial charge < -0.3 is 0 Å². The Morgan fingerprint density at radius 2 is 1.55 bits per heavy atom. The molecule has 1 rings (SSSR count). The summed E-state index contributed by atoms with van der Waals surface area (Å²) >= 11 is 0. The third-order valence-electron chi connectivity index (χ3n) is 2.17. The standard InChI is InChI=1S/C11H9F6NO2/c12-10(13,14)8(11(15,16)17)9(19)18-20-6-7-4-2-1-3-5-7/h1-5,8H,6H2,(H,18,19). The van der Waals surface area contributed by atoms with E-state index in [4.69, 9.17) is 0 Å². The Morgan fingerprint density at radius 1 is 1.05 bits per heavy atom. The van der Waals surface area contributed by atoms with Gasteiger partial charge in [-0.25, -0.2) is 5.48 Å². The van der Waals surface area contributed by atoms with Gasteiger partial charge in [0.2, 0.25) is 5.92 Å². The maximum atomic E-state index is 12.2. The van der Waals surface area contributed by atoms with Gasteiger partial charge in [-0.15, -0.1) is 0 Å². The van der Waals surface area contributed by atoms with Gasteiger partial charge in [0.25, 0.3) is 5.91 Å². The van der Waals surface area contributed by atoms with Crippen LogP contribution in [0, 0.1) is 5.92 Å². The van der Waals surface area contributed by atoms with Crippen molar-refractivity contribution in [3.8, 4) is 0 Å². The number of carbonyl (C=O) groups excluding carboxylic acids is 1. The van der Waals surface area contributed by atoms with Crippen LogP contribution in [0.15, 0.2) is 30.3 Å². The van der Waals surface area contributed by atoms with Crippen molar-refractivity contribution in [1.82, 2.24) is 5.48 Å². The van der Waals surface area contributed by atoms with Crippen LogP contribution in [-0.2, 0) is 16.2 Å². The predicted octanol–water partition coefficient (Wildman–Crippen LogP) is 2.98. The molecular formula is C11H9F6NO2. The number of hydrogen-bond donors (Lipinski definition) is 1. The Bertz CT molecular complexity index is 428. The largest absolute Gasteiger partial charge is 0.409 e. The lowest BCUT2D eigenvalue weighted by Crippen LogP contribution is -2.47. The van der Waals surface area contributed by atoms with Crippen molar-refractivity contribution < 1.29 is 36.0 Å². The summed E-state index contributed by atoms with van der Waals surface area (Å²) in [6, 6.07) is 7.89. The fourth-order valence-corrected chi connectivity index (χ4v) is 1.31. The van der Waals surface area contributed by atoms with Crippen LogP contribution in [-0.4, -0.2) is 18.3 Å². The van der Waals surface area contributed by atoms with Crippen molar-refractivity contribution in [3.63, 3.8) is 0 Å². The SMILES string of the molecule is O=C(NOCc1ccccc1)C(C(F)(F)F)C(F)(F)F. The zero-order valence-corrected chi connectivity index (χ0v) is 9.76. The van der Waals surface area contributed by atoms with E-state index in [2.05, 4.69) is 4.84 Å². The van der Waals surface area contributed by atoms with E-state index in [9.17, 15) is 31.1 Å². The third kappa shape index (κ3) is 4.72. The van der Waals surface area contributed by atoms with Crippen molar-refractivity contribution in [2.75, 3.05) is 0 Å². The summed E-state index contributed by atoms with van der Waals surface area (Å²) in [7, 11) is 0. The van der Waals surface area contributed by atoms with E-state index in [-0.39, 0.29) is 6.61 Å². The minimum atomic E-state index is -5.74. The van der Waals surface area contributed by atoms with Crippen molar-refractivity contribution >= 4 is 5.91 Å². The molecule has 0 fully saturated rings. The van der Waals surface area contributed by atoms with Crippen LogP contribution in [0.4, 0.5) is 26.3 Å². The number of hydroxylamine groups is 1. The molecule has 0 atom stereocenters. The molecule has 0 aliphatic rings. The molecule has 0 saturated heterocycles. The molecular weight excluding hydrogens is 292 g/mol. The molecule has 3 nitrogen and oxygen atoms in total. The van der Waals surface area contributed by atoms with Crippen molar-refractivity contribution in [1.29, 1.82) is 0 Å². The number of rotatable bonds is 4. The van der Waals surface area contributed by atoms with Crippen LogP contribution >= 0.6 is 0 Å². The maximum Gasteiger partial charge on any atom is 0.409 e. The third-order valence-corrected chi connectivity index (χ3v) is 2.17. The van der Waals surface area contributed by atoms with Crippen LogP contribution in [0.3, 0.4) is 0 Å². The first-order valence-corrected chi connectivity index (χ1v) is 5.21. The van der Waals surface area contributed by atoms with E-state index in [1.54, 1.807) is 18.2 Å². The predicted molar refractivity (Wildman–Crippen MR) is 55.0 cm³/mol. The van der Waals surface area contributed by atoms with Crippen molar-refractivity contribution in [2.24, 2.45) is 5.92 Å². The molecule has 1 aromatic carbocycles. The Balaban J connectivity index is 2.60. The molecule has 0 aromatic heterocycles. The summed E-state index contributed by atoms with van der Waals surface area (Å²) in [4.78, 5) is 15.3. The van der Waals surface area contributed by atoms with E-state index in [0.717, 1.165) is 0 Å². The average Bonchev–Trinajstić information content (AvgIpc) is 2.26. The van der Waals surface area contributed by atoms with E-state index in [1.165, 1.54) is 17.6 Å². The van der Waals surface area contributed by atoms with Gasteiger partial charge in [0.15, 0.2) is 0 Å². The monoisotopic (exact) mass is 301 g/mol. The number of nitrogens with one attached hydrogen (secondary N) is 1. The van der Waals surface area contributed by atoms with Gasteiger partial charge in [-0.3, -0.25) is 9.63 Å². The van der Waals surface area contributed by atoms with Gasteiger partial charge in [0, 0.05) is 0 Å². The zero-order valence-electron chi connectivity index (χ0n) is 9.76. The van der Waals surface area contributed by atoms with Gasteiger partial charge >= 0.3 is 12.4 Å². The fourth-order valence-electron chi connectivity index (χ4n) is 1.31. The highest BCUT2D eigenvalue weighted by molar-refractivity contribution is 5.79. The molecule has 0 saturated carbocycles. The highest BCUT2D eigenvalue weighted by Crippen LogP contribution is 2.39. The van der Waals surface area contributed by atoms with Crippen LogP contribution in [0.5, 0.6) is 0 Å². The normalized spacial score (nSPS) is 12.6. The molecule has 0 unspecified atom stereocenters. The second-order valence-corrected chi connectivity index (χ2v) is 3.76. The molecule has 0 aliphatic heterocycles. The molecule has 1 N–H and O–H groups in total. The van der Waals surface area contributed by atoms with Crippen LogP contribution < -0.4 is 5.48 Å². The Morgan fingerprint density at radius 3 is 2.00 bits per heavy atom.